The van der Waals surface area contributed by atoms with Gasteiger partial charge in [-0.2, -0.15) is 0 Å². The maximum Gasteiger partial charge on any atom is 0.218 e. The molecule has 2 aromatic rings. The van der Waals surface area contributed by atoms with Gasteiger partial charge in [-0.3, -0.25) is 0 Å². The van der Waals surface area contributed by atoms with Crippen molar-refractivity contribution in [3.8, 4) is 5.88 Å². The second-order valence-electron chi connectivity index (χ2n) is 5.39. The molecule has 4 nitrogen and oxygen atoms in total. The molecular weight excluding hydrogens is 262 g/mol. The van der Waals surface area contributed by atoms with Crippen molar-refractivity contribution in [2.24, 2.45) is 5.73 Å². The van der Waals surface area contributed by atoms with E-state index in [1.807, 2.05) is 6.07 Å². The average Bonchev–Trinajstić information content (AvgIpc) is 2.87. The van der Waals surface area contributed by atoms with Gasteiger partial charge in [0.15, 0.2) is 0 Å². The highest BCUT2D eigenvalue weighted by atomic mass is 16.5. The van der Waals surface area contributed by atoms with Gasteiger partial charge in [0.25, 0.3) is 0 Å². The number of fused-ring (bicyclic) bond motifs is 1. The molecule has 1 aromatic heterocycles. The number of methoxy groups -OCH3 is 1. The van der Waals surface area contributed by atoms with Gasteiger partial charge in [-0.15, -0.1) is 0 Å². The topological polar surface area (TPSA) is 51.4 Å². The highest BCUT2D eigenvalue weighted by Gasteiger charge is 2.28. The molecule has 1 aliphatic heterocycles. The molecule has 4 heteroatoms. The molecule has 110 valence electrons. The van der Waals surface area contributed by atoms with Crippen LogP contribution < -0.4 is 15.4 Å². The zero-order chi connectivity index (χ0) is 14.7. The summed E-state index contributed by atoms with van der Waals surface area (Å²) in [7, 11) is 1.67. The van der Waals surface area contributed by atoms with Gasteiger partial charge in [-0.1, -0.05) is 24.3 Å². The first kappa shape index (κ1) is 13.9. The molecule has 2 N–H and O–H groups in total. The first-order chi connectivity index (χ1) is 10.3. The maximum atomic E-state index is 5.76. The Morgan fingerprint density at radius 3 is 2.95 bits per heavy atom. The molecule has 1 aliphatic rings. The zero-order valence-electron chi connectivity index (χ0n) is 12.3. The Morgan fingerprint density at radius 1 is 1.29 bits per heavy atom. The van der Waals surface area contributed by atoms with Crippen LogP contribution in [0.15, 0.2) is 42.6 Å². The summed E-state index contributed by atoms with van der Waals surface area (Å²) in [4.78, 5) is 6.68. The predicted molar refractivity (Wildman–Crippen MR) is 84.7 cm³/mol. The Labute approximate surface area is 125 Å². The predicted octanol–water partition coefficient (Wildman–Crippen LogP) is 2.54. The minimum absolute atomic E-state index is 0.522. The monoisotopic (exact) mass is 283 g/mol. The second-order valence-corrected chi connectivity index (χ2v) is 5.39. The van der Waals surface area contributed by atoms with Crippen molar-refractivity contribution >= 4 is 5.69 Å². The van der Waals surface area contributed by atoms with E-state index in [2.05, 4.69) is 40.2 Å². The first-order valence-corrected chi connectivity index (χ1v) is 7.35. The van der Waals surface area contributed by atoms with Gasteiger partial charge in [0, 0.05) is 36.5 Å². The lowest BCUT2D eigenvalue weighted by Crippen LogP contribution is -2.22. The highest BCUT2D eigenvalue weighted by molar-refractivity contribution is 5.60. The van der Waals surface area contributed by atoms with Crippen molar-refractivity contribution < 1.29 is 4.74 Å². The van der Waals surface area contributed by atoms with Crippen LogP contribution in [-0.4, -0.2) is 25.2 Å². The van der Waals surface area contributed by atoms with Crippen LogP contribution in [0.2, 0.25) is 0 Å². The number of nitrogens with two attached hydrogens (primary N) is 1. The Kier molecular flexibility index (Phi) is 4.06. The lowest BCUT2D eigenvalue weighted by molar-refractivity contribution is 0.392. The molecule has 0 saturated heterocycles. The number of anilines is 1. The SMILES string of the molecule is COc1ncccc1CN1CC(CCN)c2ccccc21. The van der Waals surface area contributed by atoms with Gasteiger partial charge in [-0.05, 0) is 30.7 Å². The van der Waals surface area contributed by atoms with E-state index in [-0.39, 0.29) is 0 Å². The summed E-state index contributed by atoms with van der Waals surface area (Å²) in [6.45, 7) is 2.55. The molecule has 3 rings (SSSR count). The quantitative estimate of drug-likeness (QED) is 0.916. The number of para-hydroxylation sites is 1. The van der Waals surface area contributed by atoms with Gasteiger partial charge >= 0.3 is 0 Å². The third kappa shape index (κ3) is 2.72. The molecule has 0 spiro atoms. The number of pyridine rings is 1. The summed E-state index contributed by atoms with van der Waals surface area (Å²) in [5.41, 5.74) is 9.59. The van der Waals surface area contributed by atoms with Crippen molar-refractivity contribution in [3.05, 3.63) is 53.7 Å². The molecule has 2 heterocycles. The molecule has 1 unspecified atom stereocenters. The van der Waals surface area contributed by atoms with Crippen molar-refractivity contribution in [3.63, 3.8) is 0 Å². The van der Waals surface area contributed by atoms with E-state index >= 15 is 0 Å². The fourth-order valence-electron chi connectivity index (χ4n) is 3.12. The third-order valence-corrected chi connectivity index (χ3v) is 4.08. The van der Waals surface area contributed by atoms with Crippen molar-refractivity contribution in [2.45, 2.75) is 18.9 Å². The van der Waals surface area contributed by atoms with Gasteiger partial charge < -0.3 is 15.4 Å². The summed E-state index contributed by atoms with van der Waals surface area (Å²) < 4.78 is 5.36. The molecular formula is C17H21N3O. The Hall–Kier alpha value is -2.07. The fourth-order valence-corrected chi connectivity index (χ4v) is 3.12. The van der Waals surface area contributed by atoms with E-state index in [0.29, 0.717) is 11.8 Å². The number of nitrogens with zero attached hydrogens (tertiary/aromatic N) is 2. The molecule has 0 radical (unpaired) electrons. The van der Waals surface area contributed by atoms with Crippen molar-refractivity contribution in [1.82, 2.24) is 4.98 Å². The molecule has 0 fully saturated rings. The van der Waals surface area contributed by atoms with Gasteiger partial charge in [0.1, 0.15) is 0 Å². The van der Waals surface area contributed by atoms with Crippen LogP contribution in [0.3, 0.4) is 0 Å². The smallest absolute Gasteiger partial charge is 0.218 e. The van der Waals surface area contributed by atoms with Gasteiger partial charge in [0.05, 0.1) is 7.11 Å². The third-order valence-electron chi connectivity index (χ3n) is 4.08. The van der Waals surface area contributed by atoms with E-state index in [9.17, 15) is 0 Å². The molecule has 0 amide bonds. The number of hydrogen-bond acceptors (Lipinski definition) is 4. The molecule has 21 heavy (non-hydrogen) atoms. The lowest BCUT2D eigenvalue weighted by Gasteiger charge is -2.21. The molecule has 0 saturated carbocycles. The van der Waals surface area contributed by atoms with Crippen LogP contribution in [0, 0.1) is 0 Å². The normalized spacial score (nSPS) is 16.9. The first-order valence-electron chi connectivity index (χ1n) is 7.35. The van der Waals surface area contributed by atoms with Crippen molar-refractivity contribution in [1.29, 1.82) is 0 Å². The van der Waals surface area contributed by atoms with Gasteiger partial charge in [0.2, 0.25) is 5.88 Å². The van der Waals surface area contributed by atoms with E-state index in [1.54, 1.807) is 13.3 Å². The van der Waals surface area contributed by atoms with E-state index < -0.39 is 0 Å². The minimum Gasteiger partial charge on any atom is -0.481 e. The van der Waals surface area contributed by atoms with E-state index in [0.717, 1.165) is 31.6 Å². The molecule has 0 aliphatic carbocycles. The standard InChI is InChI=1S/C17H21N3O/c1-21-17-14(5-4-10-19-17)12-20-11-13(8-9-18)15-6-2-3-7-16(15)20/h2-7,10,13H,8-9,11-12,18H2,1H3. The summed E-state index contributed by atoms with van der Waals surface area (Å²) in [5.74, 6) is 1.23. The molecule has 1 atom stereocenters. The zero-order valence-corrected chi connectivity index (χ0v) is 12.3. The Bertz CT molecular complexity index is 614. The fraction of sp³-hybridized carbons (Fsp3) is 0.353. The molecule has 1 aromatic carbocycles. The largest absolute Gasteiger partial charge is 0.481 e. The van der Waals surface area contributed by atoms with Crippen LogP contribution in [0.25, 0.3) is 0 Å². The summed E-state index contributed by atoms with van der Waals surface area (Å²) in [6, 6.07) is 12.6. The summed E-state index contributed by atoms with van der Waals surface area (Å²) in [5, 5.41) is 0. The van der Waals surface area contributed by atoms with E-state index in [4.69, 9.17) is 10.5 Å². The van der Waals surface area contributed by atoms with Crippen LogP contribution >= 0.6 is 0 Å². The highest BCUT2D eigenvalue weighted by Crippen LogP contribution is 2.38. The Balaban J connectivity index is 1.87. The summed E-state index contributed by atoms with van der Waals surface area (Å²) in [6.07, 6.45) is 2.79. The van der Waals surface area contributed by atoms with Crippen molar-refractivity contribution in [2.75, 3.05) is 25.1 Å². The average molecular weight is 283 g/mol. The summed E-state index contributed by atoms with van der Waals surface area (Å²) >= 11 is 0. The Morgan fingerprint density at radius 2 is 2.14 bits per heavy atom. The van der Waals surface area contributed by atoms with Crippen LogP contribution in [0.1, 0.15) is 23.5 Å². The number of aromatic nitrogens is 1. The number of benzene rings is 1. The molecule has 0 bridgehead atoms. The van der Waals surface area contributed by atoms with Gasteiger partial charge in [-0.25, -0.2) is 4.98 Å². The number of ether oxygens (including phenoxy) is 1. The van der Waals surface area contributed by atoms with E-state index in [1.165, 1.54) is 11.3 Å². The second kappa shape index (κ2) is 6.14. The lowest BCUT2D eigenvalue weighted by atomic mass is 9.98. The number of rotatable bonds is 5. The van der Waals surface area contributed by atoms with Crippen LogP contribution in [0.5, 0.6) is 5.88 Å². The minimum atomic E-state index is 0.522. The van der Waals surface area contributed by atoms with Crippen LogP contribution in [-0.2, 0) is 6.54 Å². The van der Waals surface area contributed by atoms with Crippen LogP contribution in [0.4, 0.5) is 5.69 Å². The number of hydrogen-bond donors (Lipinski definition) is 1. The maximum absolute atomic E-state index is 5.76.